The zero-order valence-corrected chi connectivity index (χ0v) is 22.5. The van der Waals surface area contributed by atoms with E-state index in [0.29, 0.717) is 5.69 Å². The van der Waals surface area contributed by atoms with E-state index >= 15 is 0 Å². The van der Waals surface area contributed by atoms with E-state index in [2.05, 4.69) is 22.2 Å². The fourth-order valence-corrected chi connectivity index (χ4v) is 6.16. The van der Waals surface area contributed by atoms with Crippen LogP contribution in [0.1, 0.15) is 48.3 Å². The summed E-state index contributed by atoms with van der Waals surface area (Å²) in [5.41, 5.74) is 2.89. The van der Waals surface area contributed by atoms with Gasteiger partial charge in [0.15, 0.2) is 0 Å². The fourth-order valence-electron chi connectivity index (χ4n) is 6.16. The van der Waals surface area contributed by atoms with Gasteiger partial charge in [0, 0.05) is 25.1 Å². The molecule has 1 saturated heterocycles. The monoisotopic (exact) mass is 567 g/mol. The van der Waals surface area contributed by atoms with Crippen LogP contribution in [0.15, 0.2) is 65.8 Å². The van der Waals surface area contributed by atoms with Crippen molar-refractivity contribution in [2.24, 2.45) is 0 Å². The van der Waals surface area contributed by atoms with Crippen LogP contribution in [0.4, 0.5) is 13.2 Å². The van der Waals surface area contributed by atoms with E-state index in [1.54, 1.807) is 29.3 Å². The quantitative estimate of drug-likeness (QED) is 0.352. The van der Waals surface area contributed by atoms with Crippen molar-refractivity contribution in [3.05, 3.63) is 88.1 Å². The molecule has 6 rings (SSSR count). The first-order valence-electron chi connectivity index (χ1n) is 13.9. The summed E-state index contributed by atoms with van der Waals surface area (Å²) in [6.45, 7) is 0.343. The maximum atomic E-state index is 13.8. The molecule has 2 aromatic heterocycles. The second-order valence-electron chi connectivity index (χ2n) is 11.3. The number of benzene rings is 2. The molecule has 0 bridgehead atoms. The molecule has 0 spiro atoms. The fraction of sp³-hybridized carbons (Fsp3) is 0.433. The lowest BCUT2D eigenvalue weighted by molar-refractivity contribution is -0.166. The van der Waals surface area contributed by atoms with E-state index in [0.717, 1.165) is 24.8 Å². The van der Waals surface area contributed by atoms with Crippen LogP contribution in [-0.2, 0) is 19.4 Å². The van der Waals surface area contributed by atoms with Crippen molar-refractivity contribution in [3.8, 4) is 11.3 Å². The highest BCUT2D eigenvalue weighted by atomic mass is 19.4. The standard InChI is InChI=1S/C30H32F3N5O3/c31-30(32,33)24(21-5-2-1-3-6-21)16-26(39)36-13-11-29(41,12-14-36)18-37-19-35-38-25(17-34-27(38)28(37)40)23-10-9-20-7-4-8-22(20)15-23/h1-3,5-6,9-10,15,17,19,24,26,39,41H,4,7-8,11-14,16,18H2. The van der Waals surface area contributed by atoms with Crippen molar-refractivity contribution in [1.29, 1.82) is 0 Å². The van der Waals surface area contributed by atoms with Gasteiger partial charge in [0.05, 0.1) is 30.0 Å². The topological polar surface area (TPSA) is 95.9 Å². The number of nitrogens with zero attached hydrogens (tertiary/aromatic N) is 5. The Balaban J connectivity index is 1.13. The van der Waals surface area contributed by atoms with Crippen molar-refractivity contribution in [2.75, 3.05) is 13.1 Å². The van der Waals surface area contributed by atoms with Crippen molar-refractivity contribution in [1.82, 2.24) is 24.1 Å². The third-order valence-electron chi connectivity index (χ3n) is 8.55. The van der Waals surface area contributed by atoms with Gasteiger partial charge in [-0.25, -0.2) is 9.50 Å². The van der Waals surface area contributed by atoms with Crippen LogP contribution in [0, 0.1) is 0 Å². The van der Waals surface area contributed by atoms with Crippen molar-refractivity contribution < 1.29 is 23.4 Å². The Bertz CT molecular complexity index is 1590. The van der Waals surface area contributed by atoms with Crippen LogP contribution >= 0.6 is 0 Å². The number of hydrogen-bond acceptors (Lipinski definition) is 6. The maximum Gasteiger partial charge on any atom is 0.395 e. The molecule has 2 aliphatic rings. The van der Waals surface area contributed by atoms with Crippen LogP contribution in [0.25, 0.3) is 16.9 Å². The van der Waals surface area contributed by atoms with Gasteiger partial charge in [-0.15, -0.1) is 0 Å². The highest BCUT2D eigenvalue weighted by Crippen LogP contribution is 2.39. The number of fused-ring (bicyclic) bond motifs is 2. The van der Waals surface area contributed by atoms with Crippen LogP contribution in [0.5, 0.6) is 0 Å². The number of likely N-dealkylation sites (tertiary alicyclic amines) is 1. The summed E-state index contributed by atoms with van der Waals surface area (Å²) in [5, 5.41) is 26.4. The average Bonchev–Trinajstić information content (AvgIpc) is 3.60. The molecule has 1 fully saturated rings. The summed E-state index contributed by atoms with van der Waals surface area (Å²) < 4.78 is 44.2. The summed E-state index contributed by atoms with van der Waals surface area (Å²) >= 11 is 0. The predicted molar refractivity (Wildman–Crippen MR) is 146 cm³/mol. The van der Waals surface area contributed by atoms with E-state index in [9.17, 15) is 28.2 Å². The third-order valence-corrected chi connectivity index (χ3v) is 8.55. The van der Waals surface area contributed by atoms with Gasteiger partial charge in [0.2, 0.25) is 5.65 Å². The van der Waals surface area contributed by atoms with Crippen LogP contribution in [-0.4, -0.2) is 65.4 Å². The van der Waals surface area contributed by atoms with E-state index in [4.69, 9.17) is 0 Å². The summed E-state index contributed by atoms with van der Waals surface area (Å²) in [6, 6.07) is 13.8. The van der Waals surface area contributed by atoms with Gasteiger partial charge < -0.3 is 10.2 Å². The Morgan fingerprint density at radius 3 is 2.49 bits per heavy atom. The van der Waals surface area contributed by atoms with Gasteiger partial charge in [0.1, 0.15) is 12.6 Å². The molecular weight excluding hydrogens is 535 g/mol. The van der Waals surface area contributed by atoms with Gasteiger partial charge in [-0.2, -0.15) is 18.3 Å². The molecule has 4 aromatic rings. The lowest BCUT2D eigenvalue weighted by Crippen LogP contribution is -2.51. The minimum absolute atomic E-state index is 0.0322. The first kappa shape index (κ1) is 27.6. The van der Waals surface area contributed by atoms with Crippen LogP contribution in [0.2, 0.25) is 0 Å². The van der Waals surface area contributed by atoms with Gasteiger partial charge >= 0.3 is 6.18 Å². The average molecular weight is 568 g/mol. The van der Waals surface area contributed by atoms with Gasteiger partial charge in [-0.05, 0) is 54.9 Å². The minimum Gasteiger partial charge on any atom is -0.388 e. The summed E-state index contributed by atoms with van der Waals surface area (Å²) in [5.74, 6) is -1.80. The number of aliphatic hydroxyl groups is 2. The highest BCUT2D eigenvalue weighted by Gasteiger charge is 2.43. The number of alkyl halides is 3. The largest absolute Gasteiger partial charge is 0.395 e. The number of rotatable bonds is 7. The summed E-state index contributed by atoms with van der Waals surface area (Å²) in [6.07, 6.45) is 0.291. The molecule has 8 nitrogen and oxygen atoms in total. The maximum absolute atomic E-state index is 13.8. The molecule has 216 valence electrons. The van der Waals surface area contributed by atoms with Crippen molar-refractivity contribution in [2.45, 2.75) is 69.0 Å². The Morgan fingerprint density at radius 1 is 1.02 bits per heavy atom. The zero-order valence-electron chi connectivity index (χ0n) is 22.5. The van der Waals surface area contributed by atoms with E-state index < -0.39 is 30.3 Å². The molecule has 41 heavy (non-hydrogen) atoms. The first-order valence-corrected chi connectivity index (χ1v) is 13.9. The van der Waals surface area contributed by atoms with Crippen LogP contribution in [0.3, 0.4) is 0 Å². The molecular formula is C30H32F3N5O3. The Hall–Kier alpha value is -3.54. The molecule has 11 heteroatoms. The molecule has 3 heterocycles. The molecule has 2 N–H and O–H groups in total. The summed E-state index contributed by atoms with van der Waals surface area (Å²) in [4.78, 5) is 19.1. The van der Waals surface area contributed by atoms with Crippen LogP contribution < -0.4 is 5.56 Å². The molecule has 1 aliphatic heterocycles. The molecule has 0 amide bonds. The second-order valence-corrected chi connectivity index (χ2v) is 11.3. The van der Waals surface area contributed by atoms with E-state index in [-0.39, 0.29) is 49.2 Å². The number of halogens is 3. The van der Waals surface area contributed by atoms with Crippen molar-refractivity contribution in [3.63, 3.8) is 0 Å². The highest BCUT2D eigenvalue weighted by molar-refractivity contribution is 5.64. The second kappa shape index (κ2) is 10.7. The third kappa shape index (κ3) is 5.53. The normalized spacial score (nSPS) is 18.9. The number of aryl methyl sites for hydroxylation is 2. The van der Waals surface area contributed by atoms with E-state index in [1.165, 1.54) is 38.7 Å². The lowest BCUT2D eigenvalue weighted by atomic mass is 9.89. The zero-order chi connectivity index (χ0) is 28.8. The Morgan fingerprint density at radius 2 is 1.76 bits per heavy atom. The van der Waals surface area contributed by atoms with Crippen molar-refractivity contribution >= 4 is 5.65 Å². The Labute approximate surface area is 234 Å². The smallest absolute Gasteiger partial charge is 0.388 e. The number of piperidine rings is 1. The SMILES string of the molecule is O=c1c2ncc(-c3ccc4c(c3)CCC4)n2ncn1CC1(O)CCN(C(O)CC(c2ccccc2)C(F)(F)F)CC1. The summed E-state index contributed by atoms with van der Waals surface area (Å²) in [7, 11) is 0. The van der Waals surface area contributed by atoms with Gasteiger partial charge in [0.25, 0.3) is 5.56 Å². The molecule has 0 radical (unpaired) electrons. The van der Waals surface area contributed by atoms with E-state index in [1.807, 2.05) is 6.07 Å². The number of aromatic nitrogens is 4. The molecule has 2 atom stereocenters. The molecule has 1 aliphatic carbocycles. The first-order chi connectivity index (χ1) is 19.6. The number of hydrogen-bond donors (Lipinski definition) is 2. The molecule has 2 aromatic carbocycles. The van der Waals surface area contributed by atoms with Gasteiger partial charge in [-0.1, -0.05) is 42.5 Å². The number of aliphatic hydroxyl groups excluding tert-OH is 1. The molecule has 2 unspecified atom stereocenters. The van der Waals surface area contributed by atoms with Gasteiger partial charge in [-0.3, -0.25) is 14.3 Å². The molecule has 0 saturated carbocycles. The lowest BCUT2D eigenvalue weighted by Gasteiger charge is -2.41. The predicted octanol–water partition coefficient (Wildman–Crippen LogP) is 3.93. The minimum atomic E-state index is -4.50. The number of imidazole rings is 1. The Kier molecular flexibility index (Phi) is 7.21.